The standard InChI is InChI=1S/C28H43NO10/c1-12-16(38-24(35)20(32)14(3)29-8)10-28(36)13(2)22-26(7,23(34)21(33)19(12)25(28,5)6)17(31)9-18-27(22,11-37-18)39-15(4)30/h13-14,16-18,20-22,29,31-33,36H,9-11H2,1-8H3/t13?,14?,16?,17?,18?,20?,21?,22?,26-,27+,28?/m1/s1. The zero-order valence-electron chi connectivity index (χ0n) is 24.0. The Kier molecular flexibility index (Phi) is 7.40. The van der Waals surface area contributed by atoms with Crippen LogP contribution in [0, 0.1) is 22.7 Å². The number of likely N-dealkylation sites (N-methyl/N-ethyl adjacent to an activating group) is 1. The number of hydrogen-bond donors (Lipinski definition) is 5. The first kappa shape index (κ1) is 30.1. The lowest BCUT2D eigenvalue weighted by Crippen LogP contribution is -2.79. The van der Waals surface area contributed by atoms with Gasteiger partial charge in [-0.1, -0.05) is 20.8 Å². The van der Waals surface area contributed by atoms with Gasteiger partial charge in [-0.05, 0) is 44.9 Å². The molecule has 1 heterocycles. The molecular formula is C28H43NO10. The van der Waals surface area contributed by atoms with Crippen LogP contribution in [0.25, 0.3) is 0 Å². The van der Waals surface area contributed by atoms with E-state index < -0.39 is 88.2 Å². The molecule has 0 aromatic heterocycles. The predicted molar refractivity (Wildman–Crippen MR) is 137 cm³/mol. The number of nitrogens with one attached hydrogen (secondary N) is 1. The lowest BCUT2D eigenvalue weighted by molar-refractivity contribution is -0.338. The monoisotopic (exact) mass is 553 g/mol. The molecule has 1 saturated heterocycles. The number of carbonyl (C=O) groups excluding carboxylic acids is 3. The minimum absolute atomic E-state index is 0.0209. The minimum Gasteiger partial charge on any atom is -0.456 e. The summed E-state index contributed by atoms with van der Waals surface area (Å²) in [6, 6.07) is -0.603. The number of Topliss-reactive ketones (excluding diaryl/α,β-unsaturated/α-hetero) is 1. The van der Waals surface area contributed by atoms with Crippen molar-refractivity contribution in [2.45, 2.75) is 109 Å². The highest BCUT2D eigenvalue weighted by atomic mass is 16.6. The van der Waals surface area contributed by atoms with Gasteiger partial charge in [0.25, 0.3) is 0 Å². The molecule has 220 valence electrons. The van der Waals surface area contributed by atoms with Crippen molar-refractivity contribution in [3.63, 3.8) is 0 Å². The molecule has 4 aliphatic rings. The van der Waals surface area contributed by atoms with Crippen LogP contribution in [-0.2, 0) is 28.6 Å². The molecule has 0 amide bonds. The summed E-state index contributed by atoms with van der Waals surface area (Å²) in [6.45, 7) is 11.2. The number of aliphatic hydroxyl groups is 4. The molecule has 3 fully saturated rings. The van der Waals surface area contributed by atoms with Crippen LogP contribution in [0.2, 0.25) is 0 Å². The Labute approximate surface area is 228 Å². The van der Waals surface area contributed by atoms with E-state index >= 15 is 0 Å². The summed E-state index contributed by atoms with van der Waals surface area (Å²) in [6.07, 6.45) is -6.29. The molecule has 3 aliphatic carbocycles. The van der Waals surface area contributed by atoms with Gasteiger partial charge in [0.15, 0.2) is 17.5 Å². The zero-order valence-corrected chi connectivity index (χ0v) is 24.0. The lowest BCUT2D eigenvalue weighted by Gasteiger charge is -2.68. The Morgan fingerprint density at radius 3 is 2.33 bits per heavy atom. The topological polar surface area (TPSA) is 172 Å². The number of esters is 2. The van der Waals surface area contributed by atoms with Crippen LogP contribution in [0.3, 0.4) is 0 Å². The number of aliphatic hydroxyl groups excluding tert-OH is 3. The number of carbonyl (C=O) groups is 3. The SMILES string of the molecule is CNC(C)C(O)C(=O)OC1CC2(O)C(C)C3[C@]4(OC(C)=O)COC4CC(O)[C@@]3(C)C(=O)C(O)C(=C1C)C2(C)C. The third kappa shape index (κ3) is 3.95. The average Bonchev–Trinajstić information content (AvgIpc) is 2.85. The van der Waals surface area contributed by atoms with Crippen LogP contribution in [0.15, 0.2) is 11.1 Å². The lowest BCUT2D eigenvalue weighted by atomic mass is 9.42. The molecule has 2 bridgehead atoms. The first-order valence-corrected chi connectivity index (χ1v) is 13.6. The van der Waals surface area contributed by atoms with Crippen molar-refractivity contribution >= 4 is 17.7 Å². The van der Waals surface area contributed by atoms with E-state index in [4.69, 9.17) is 14.2 Å². The molecule has 9 unspecified atom stereocenters. The summed E-state index contributed by atoms with van der Waals surface area (Å²) in [4.78, 5) is 39.4. The minimum atomic E-state index is -1.74. The number of ketones is 1. The third-order valence-corrected chi connectivity index (χ3v) is 10.6. The Bertz CT molecular complexity index is 1090. The van der Waals surface area contributed by atoms with E-state index in [0.717, 1.165) is 0 Å². The molecular weight excluding hydrogens is 510 g/mol. The van der Waals surface area contributed by atoms with Crippen molar-refractivity contribution < 1.29 is 49.0 Å². The van der Waals surface area contributed by atoms with Gasteiger partial charge in [0.05, 0.1) is 23.7 Å². The molecule has 11 atom stereocenters. The zero-order chi connectivity index (χ0) is 29.5. The van der Waals surface area contributed by atoms with Gasteiger partial charge < -0.3 is 40.0 Å². The molecule has 4 rings (SSSR count). The molecule has 2 saturated carbocycles. The predicted octanol–water partition coefficient (Wildman–Crippen LogP) is 0.0120. The van der Waals surface area contributed by atoms with E-state index in [9.17, 15) is 34.8 Å². The Morgan fingerprint density at radius 1 is 1.21 bits per heavy atom. The molecule has 1 aliphatic heterocycles. The summed E-state index contributed by atoms with van der Waals surface area (Å²) >= 11 is 0. The first-order chi connectivity index (χ1) is 17.9. The van der Waals surface area contributed by atoms with Crippen molar-refractivity contribution in [1.29, 1.82) is 0 Å². The van der Waals surface area contributed by atoms with Crippen LogP contribution in [-0.4, -0.2) is 99.6 Å². The Morgan fingerprint density at radius 2 is 1.82 bits per heavy atom. The summed E-state index contributed by atoms with van der Waals surface area (Å²) in [5.41, 5.74) is -5.17. The molecule has 0 spiro atoms. The van der Waals surface area contributed by atoms with E-state index in [1.165, 1.54) is 6.92 Å². The molecule has 11 heteroatoms. The average molecular weight is 554 g/mol. The molecule has 11 nitrogen and oxygen atoms in total. The van der Waals surface area contributed by atoms with E-state index in [0.29, 0.717) is 5.57 Å². The quantitative estimate of drug-likeness (QED) is 0.229. The Balaban J connectivity index is 1.91. The third-order valence-electron chi connectivity index (χ3n) is 10.6. The van der Waals surface area contributed by atoms with Gasteiger partial charge in [-0.25, -0.2) is 4.79 Å². The van der Waals surface area contributed by atoms with Crippen molar-refractivity contribution in [3.05, 3.63) is 11.1 Å². The van der Waals surface area contributed by atoms with Gasteiger partial charge in [0.2, 0.25) is 0 Å². The van der Waals surface area contributed by atoms with Crippen LogP contribution >= 0.6 is 0 Å². The highest BCUT2D eigenvalue weighted by Gasteiger charge is 2.75. The summed E-state index contributed by atoms with van der Waals surface area (Å²) in [7, 11) is 1.59. The van der Waals surface area contributed by atoms with Crippen LogP contribution in [0.1, 0.15) is 61.3 Å². The maximum Gasteiger partial charge on any atom is 0.337 e. The maximum absolute atomic E-state index is 14.3. The highest BCUT2D eigenvalue weighted by molar-refractivity contribution is 5.93. The van der Waals surface area contributed by atoms with Crippen molar-refractivity contribution in [2.24, 2.45) is 22.7 Å². The van der Waals surface area contributed by atoms with Gasteiger partial charge >= 0.3 is 11.9 Å². The smallest absolute Gasteiger partial charge is 0.337 e. The molecule has 39 heavy (non-hydrogen) atoms. The van der Waals surface area contributed by atoms with Crippen molar-refractivity contribution in [3.8, 4) is 0 Å². The van der Waals surface area contributed by atoms with E-state index in [2.05, 4.69) is 5.32 Å². The molecule has 0 aromatic carbocycles. The summed E-state index contributed by atoms with van der Waals surface area (Å²) < 4.78 is 17.3. The van der Waals surface area contributed by atoms with Gasteiger partial charge in [0.1, 0.15) is 18.3 Å². The van der Waals surface area contributed by atoms with E-state index in [1.807, 2.05) is 0 Å². The second-order valence-electron chi connectivity index (χ2n) is 12.7. The first-order valence-electron chi connectivity index (χ1n) is 13.6. The van der Waals surface area contributed by atoms with Gasteiger partial charge in [-0.2, -0.15) is 0 Å². The van der Waals surface area contributed by atoms with Crippen molar-refractivity contribution in [1.82, 2.24) is 5.32 Å². The maximum atomic E-state index is 14.3. The number of ether oxygens (including phenoxy) is 3. The fourth-order valence-electron chi connectivity index (χ4n) is 8.08. The number of hydrogen-bond acceptors (Lipinski definition) is 11. The van der Waals surface area contributed by atoms with Gasteiger partial charge in [-0.15, -0.1) is 0 Å². The second kappa shape index (κ2) is 9.60. The fourth-order valence-corrected chi connectivity index (χ4v) is 8.08. The van der Waals surface area contributed by atoms with Gasteiger partial charge in [-0.3, -0.25) is 9.59 Å². The molecule has 5 N–H and O–H groups in total. The number of rotatable bonds is 5. The normalized spacial score (nSPS) is 44.6. The highest BCUT2D eigenvalue weighted by Crippen LogP contribution is 2.65. The summed E-state index contributed by atoms with van der Waals surface area (Å²) in [5, 5.41) is 48.9. The largest absolute Gasteiger partial charge is 0.456 e. The second-order valence-corrected chi connectivity index (χ2v) is 12.7. The Hall–Kier alpha value is -1.89. The number of fused-ring (bicyclic) bond motifs is 5. The van der Waals surface area contributed by atoms with Crippen LogP contribution in [0.4, 0.5) is 0 Å². The van der Waals surface area contributed by atoms with Crippen LogP contribution < -0.4 is 5.32 Å². The molecule has 0 aromatic rings. The van der Waals surface area contributed by atoms with E-state index in [1.54, 1.807) is 48.6 Å². The van der Waals surface area contributed by atoms with E-state index in [-0.39, 0.29) is 25.0 Å². The van der Waals surface area contributed by atoms with Crippen molar-refractivity contribution in [2.75, 3.05) is 13.7 Å². The van der Waals surface area contributed by atoms with Crippen LogP contribution in [0.5, 0.6) is 0 Å². The molecule has 0 radical (unpaired) electrons. The fraction of sp³-hybridized carbons (Fsp3) is 0.821. The van der Waals surface area contributed by atoms with Gasteiger partial charge in [0, 0.05) is 37.1 Å². The summed E-state index contributed by atoms with van der Waals surface area (Å²) in [5.74, 6) is -3.90.